The van der Waals surface area contributed by atoms with Crippen molar-refractivity contribution in [2.75, 3.05) is 26.7 Å². The monoisotopic (exact) mass is 235 g/mol. The third kappa shape index (κ3) is 3.68. The Morgan fingerprint density at radius 1 is 1.53 bits per heavy atom. The minimum Gasteiger partial charge on any atom is -0.481 e. The SMILES string of the molecule is COc1cccc(CN2CCCNC(C)C2)n1. The molecule has 1 N–H and O–H groups in total. The van der Waals surface area contributed by atoms with Gasteiger partial charge < -0.3 is 10.1 Å². The number of hydrogen-bond donors (Lipinski definition) is 1. The molecule has 0 aliphatic carbocycles. The highest BCUT2D eigenvalue weighted by atomic mass is 16.5. The molecule has 17 heavy (non-hydrogen) atoms. The Bertz CT molecular complexity index is 356. The van der Waals surface area contributed by atoms with E-state index in [1.807, 2.05) is 12.1 Å². The average Bonchev–Trinajstić information content (AvgIpc) is 2.54. The summed E-state index contributed by atoms with van der Waals surface area (Å²) in [6.45, 7) is 6.47. The van der Waals surface area contributed by atoms with Gasteiger partial charge in [0, 0.05) is 25.2 Å². The first-order valence-corrected chi connectivity index (χ1v) is 6.23. The summed E-state index contributed by atoms with van der Waals surface area (Å²) in [6, 6.07) is 6.51. The van der Waals surface area contributed by atoms with Gasteiger partial charge in [-0.3, -0.25) is 4.90 Å². The fourth-order valence-electron chi connectivity index (χ4n) is 2.23. The zero-order valence-electron chi connectivity index (χ0n) is 10.6. The standard InChI is InChI=1S/C13H21N3O/c1-11-9-16(8-4-7-14-11)10-12-5-3-6-13(15-12)17-2/h3,5-6,11,14H,4,7-10H2,1-2H3. The van der Waals surface area contributed by atoms with Crippen LogP contribution < -0.4 is 10.1 Å². The molecule has 1 atom stereocenters. The van der Waals surface area contributed by atoms with Gasteiger partial charge in [-0.1, -0.05) is 6.07 Å². The smallest absolute Gasteiger partial charge is 0.213 e. The van der Waals surface area contributed by atoms with E-state index in [0.717, 1.165) is 31.9 Å². The van der Waals surface area contributed by atoms with Crippen molar-refractivity contribution in [1.82, 2.24) is 15.2 Å². The lowest BCUT2D eigenvalue weighted by Gasteiger charge is -2.21. The molecule has 94 valence electrons. The lowest BCUT2D eigenvalue weighted by atomic mass is 10.3. The highest BCUT2D eigenvalue weighted by Crippen LogP contribution is 2.10. The first-order valence-electron chi connectivity index (χ1n) is 6.23. The van der Waals surface area contributed by atoms with E-state index < -0.39 is 0 Å². The molecule has 0 bridgehead atoms. The van der Waals surface area contributed by atoms with Crippen molar-refractivity contribution in [3.63, 3.8) is 0 Å². The highest BCUT2D eigenvalue weighted by molar-refractivity contribution is 5.15. The minimum absolute atomic E-state index is 0.558. The van der Waals surface area contributed by atoms with Crippen LogP contribution >= 0.6 is 0 Å². The van der Waals surface area contributed by atoms with E-state index in [2.05, 4.69) is 28.2 Å². The molecule has 1 unspecified atom stereocenters. The van der Waals surface area contributed by atoms with Crippen LogP contribution in [0.25, 0.3) is 0 Å². The van der Waals surface area contributed by atoms with Crippen LogP contribution in [0.5, 0.6) is 5.88 Å². The van der Waals surface area contributed by atoms with Gasteiger partial charge in [0.1, 0.15) is 0 Å². The summed E-state index contributed by atoms with van der Waals surface area (Å²) in [4.78, 5) is 6.91. The molecule has 0 aromatic carbocycles. The maximum absolute atomic E-state index is 5.15. The Morgan fingerprint density at radius 2 is 2.41 bits per heavy atom. The van der Waals surface area contributed by atoms with Crippen LogP contribution in [0, 0.1) is 0 Å². The van der Waals surface area contributed by atoms with Crippen molar-refractivity contribution < 1.29 is 4.74 Å². The third-order valence-electron chi connectivity index (χ3n) is 3.05. The zero-order chi connectivity index (χ0) is 12.1. The molecule has 4 heteroatoms. The number of aromatic nitrogens is 1. The molecule has 1 aromatic heterocycles. The maximum atomic E-state index is 5.15. The molecule has 0 amide bonds. The predicted molar refractivity (Wildman–Crippen MR) is 68.1 cm³/mol. The van der Waals surface area contributed by atoms with Crippen molar-refractivity contribution in [2.24, 2.45) is 0 Å². The Balaban J connectivity index is 1.98. The summed E-state index contributed by atoms with van der Waals surface area (Å²) in [5.74, 6) is 0.698. The van der Waals surface area contributed by atoms with E-state index in [0.29, 0.717) is 11.9 Å². The summed E-state index contributed by atoms with van der Waals surface area (Å²) in [5, 5.41) is 3.50. The quantitative estimate of drug-likeness (QED) is 0.856. The maximum Gasteiger partial charge on any atom is 0.213 e. The highest BCUT2D eigenvalue weighted by Gasteiger charge is 2.14. The molecule has 0 radical (unpaired) electrons. The van der Waals surface area contributed by atoms with Crippen molar-refractivity contribution in [2.45, 2.75) is 25.9 Å². The van der Waals surface area contributed by atoms with Gasteiger partial charge in [-0.25, -0.2) is 4.98 Å². The second kappa shape index (κ2) is 5.98. The first kappa shape index (κ1) is 12.3. The van der Waals surface area contributed by atoms with Crippen LogP contribution in [0.1, 0.15) is 19.0 Å². The molecule has 2 rings (SSSR count). The molecule has 0 spiro atoms. The molecule has 1 saturated heterocycles. The molecule has 1 fully saturated rings. The Kier molecular flexibility index (Phi) is 4.34. The second-order valence-corrected chi connectivity index (χ2v) is 4.62. The summed E-state index contributed by atoms with van der Waals surface area (Å²) >= 11 is 0. The van der Waals surface area contributed by atoms with E-state index in [1.165, 1.54) is 6.42 Å². The fraction of sp³-hybridized carbons (Fsp3) is 0.615. The number of nitrogens with zero attached hydrogens (tertiary/aromatic N) is 2. The van der Waals surface area contributed by atoms with Gasteiger partial charge in [0.15, 0.2) is 0 Å². The number of rotatable bonds is 3. The summed E-state index contributed by atoms with van der Waals surface area (Å²) < 4.78 is 5.15. The number of nitrogens with one attached hydrogen (secondary N) is 1. The van der Waals surface area contributed by atoms with Gasteiger partial charge in [0.05, 0.1) is 12.8 Å². The molecular formula is C13H21N3O. The van der Waals surface area contributed by atoms with Crippen LogP contribution in [-0.4, -0.2) is 42.7 Å². The van der Waals surface area contributed by atoms with Crippen LogP contribution in [-0.2, 0) is 6.54 Å². The Morgan fingerprint density at radius 3 is 3.24 bits per heavy atom. The molecule has 1 aliphatic rings. The molecule has 0 saturated carbocycles. The zero-order valence-corrected chi connectivity index (χ0v) is 10.6. The topological polar surface area (TPSA) is 37.4 Å². The molecule has 1 aromatic rings. The van der Waals surface area contributed by atoms with Gasteiger partial charge >= 0.3 is 0 Å². The predicted octanol–water partition coefficient (Wildman–Crippen LogP) is 1.27. The summed E-state index contributed by atoms with van der Waals surface area (Å²) in [6.07, 6.45) is 1.20. The Labute approximate surface area is 103 Å². The van der Waals surface area contributed by atoms with Crippen molar-refractivity contribution in [3.8, 4) is 5.88 Å². The van der Waals surface area contributed by atoms with Crippen molar-refractivity contribution in [3.05, 3.63) is 23.9 Å². The van der Waals surface area contributed by atoms with Gasteiger partial charge in [-0.2, -0.15) is 0 Å². The number of methoxy groups -OCH3 is 1. The Hall–Kier alpha value is -1.13. The van der Waals surface area contributed by atoms with Crippen molar-refractivity contribution in [1.29, 1.82) is 0 Å². The molecule has 1 aliphatic heterocycles. The van der Waals surface area contributed by atoms with Crippen LogP contribution in [0.15, 0.2) is 18.2 Å². The lowest BCUT2D eigenvalue weighted by Crippen LogP contribution is -2.35. The normalized spacial score (nSPS) is 22.1. The number of hydrogen-bond acceptors (Lipinski definition) is 4. The first-order chi connectivity index (χ1) is 8.28. The second-order valence-electron chi connectivity index (χ2n) is 4.62. The molecular weight excluding hydrogens is 214 g/mol. The van der Waals surface area contributed by atoms with Gasteiger partial charge in [-0.15, -0.1) is 0 Å². The van der Waals surface area contributed by atoms with Gasteiger partial charge in [0.2, 0.25) is 5.88 Å². The fourth-order valence-corrected chi connectivity index (χ4v) is 2.23. The van der Waals surface area contributed by atoms with Crippen LogP contribution in [0.2, 0.25) is 0 Å². The average molecular weight is 235 g/mol. The van der Waals surface area contributed by atoms with Gasteiger partial charge in [0.25, 0.3) is 0 Å². The summed E-state index contributed by atoms with van der Waals surface area (Å²) in [5.41, 5.74) is 1.08. The number of ether oxygens (including phenoxy) is 1. The summed E-state index contributed by atoms with van der Waals surface area (Å²) in [7, 11) is 1.66. The van der Waals surface area contributed by atoms with Crippen LogP contribution in [0.3, 0.4) is 0 Å². The minimum atomic E-state index is 0.558. The third-order valence-corrected chi connectivity index (χ3v) is 3.05. The van der Waals surface area contributed by atoms with E-state index in [-0.39, 0.29) is 0 Å². The van der Waals surface area contributed by atoms with Crippen LogP contribution in [0.4, 0.5) is 0 Å². The van der Waals surface area contributed by atoms with E-state index in [4.69, 9.17) is 4.74 Å². The number of pyridine rings is 1. The van der Waals surface area contributed by atoms with E-state index in [9.17, 15) is 0 Å². The lowest BCUT2D eigenvalue weighted by molar-refractivity contribution is 0.260. The van der Waals surface area contributed by atoms with Gasteiger partial charge in [-0.05, 0) is 32.5 Å². The van der Waals surface area contributed by atoms with E-state index >= 15 is 0 Å². The van der Waals surface area contributed by atoms with E-state index in [1.54, 1.807) is 7.11 Å². The molecule has 2 heterocycles. The largest absolute Gasteiger partial charge is 0.481 e. The van der Waals surface area contributed by atoms with Crippen molar-refractivity contribution >= 4 is 0 Å². The molecule has 4 nitrogen and oxygen atoms in total.